The summed E-state index contributed by atoms with van der Waals surface area (Å²) in [6.45, 7) is 1.78. The van der Waals surface area contributed by atoms with Gasteiger partial charge in [0.05, 0.1) is 12.8 Å². The first-order valence-corrected chi connectivity index (χ1v) is 6.87. The van der Waals surface area contributed by atoms with Crippen molar-refractivity contribution in [2.45, 2.75) is 32.0 Å². The minimum Gasteiger partial charge on any atom is -0.467 e. The number of hydrogen-bond donors (Lipinski definition) is 1. The zero-order chi connectivity index (χ0) is 13.1. The Morgan fingerprint density at radius 2 is 2.00 bits per heavy atom. The van der Waals surface area contributed by atoms with Gasteiger partial charge in [0.2, 0.25) is 0 Å². The van der Waals surface area contributed by atoms with Crippen LogP contribution in [0.25, 0.3) is 0 Å². The van der Waals surface area contributed by atoms with Crippen molar-refractivity contribution in [2.24, 2.45) is 0 Å². The third-order valence-corrected chi connectivity index (χ3v) is 3.52. The van der Waals surface area contributed by atoms with Gasteiger partial charge in [-0.2, -0.15) is 0 Å². The Balaban J connectivity index is 1.57. The molecule has 0 aliphatic heterocycles. The van der Waals surface area contributed by atoms with E-state index >= 15 is 0 Å². The van der Waals surface area contributed by atoms with Crippen molar-refractivity contribution < 1.29 is 4.42 Å². The molecule has 0 amide bonds. The number of rotatable bonds is 6. The molecule has 1 aliphatic rings. The lowest BCUT2D eigenvalue weighted by atomic mass is 10.2. The summed E-state index contributed by atoms with van der Waals surface area (Å²) in [5.74, 6) is 0.988. The van der Waals surface area contributed by atoms with Crippen LogP contribution < -0.4 is 10.2 Å². The lowest BCUT2D eigenvalue weighted by molar-refractivity contribution is 0.507. The number of furan rings is 1. The van der Waals surface area contributed by atoms with Crippen molar-refractivity contribution in [2.75, 3.05) is 11.9 Å². The largest absolute Gasteiger partial charge is 0.467 e. The molecule has 0 spiro atoms. The SMILES string of the molecule is CN(Cc1ccco1)c1ccc(CNC2CC2)cc1. The fraction of sp³-hybridized carbons (Fsp3) is 0.375. The first-order chi connectivity index (χ1) is 9.31. The Kier molecular flexibility index (Phi) is 3.56. The molecule has 1 aromatic carbocycles. The van der Waals surface area contributed by atoms with E-state index in [2.05, 4.69) is 41.5 Å². The molecule has 100 valence electrons. The fourth-order valence-corrected chi connectivity index (χ4v) is 2.15. The van der Waals surface area contributed by atoms with Gasteiger partial charge in [-0.3, -0.25) is 0 Å². The maximum atomic E-state index is 5.37. The Morgan fingerprint density at radius 3 is 2.63 bits per heavy atom. The van der Waals surface area contributed by atoms with E-state index in [4.69, 9.17) is 4.42 Å². The van der Waals surface area contributed by atoms with Gasteiger partial charge in [-0.1, -0.05) is 12.1 Å². The lowest BCUT2D eigenvalue weighted by Crippen LogP contribution is -2.17. The minimum absolute atomic E-state index is 0.765. The van der Waals surface area contributed by atoms with E-state index in [1.807, 2.05) is 12.1 Å². The van der Waals surface area contributed by atoms with Crippen LogP contribution in [0.4, 0.5) is 5.69 Å². The second-order valence-corrected chi connectivity index (χ2v) is 5.26. The van der Waals surface area contributed by atoms with Crippen molar-refractivity contribution in [3.63, 3.8) is 0 Å². The first-order valence-electron chi connectivity index (χ1n) is 6.87. The van der Waals surface area contributed by atoms with Crippen LogP contribution in [0.15, 0.2) is 47.1 Å². The van der Waals surface area contributed by atoms with Crippen LogP contribution in [0.5, 0.6) is 0 Å². The lowest BCUT2D eigenvalue weighted by Gasteiger charge is -2.18. The van der Waals surface area contributed by atoms with Crippen LogP contribution in [0.1, 0.15) is 24.2 Å². The quantitative estimate of drug-likeness (QED) is 0.860. The van der Waals surface area contributed by atoms with Crippen molar-refractivity contribution in [1.82, 2.24) is 5.32 Å². The highest BCUT2D eigenvalue weighted by molar-refractivity contribution is 5.47. The maximum absolute atomic E-state index is 5.37. The van der Waals surface area contributed by atoms with Crippen LogP contribution in [0.3, 0.4) is 0 Å². The van der Waals surface area contributed by atoms with Gasteiger partial charge in [-0.05, 0) is 42.7 Å². The monoisotopic (exact) mass is 256 g/mol. The summed E-state index contributed by atoms with van der Waals surface area (Å²) < 4.78 is 5.37. The Labute approximate surface area is 114 Å². The smallest absolute Gasteiger partial charge is 0.123 e. The molecule has 1 aromatic heterocycles. The van der Waals surface area contributed by atoms with Crippen molar-refractivity contribution >= 4 is 5.69 Å². The number of nitrogens with zero attached hydrogens (tertiary/aromatic N) is 1. The highest BCUT2D eigenvalue weighted by atomic mass is 16.3. The Bertz CT molecular complexity index is 500. The van der Waals surface area contributed by atoms with E-state index < -0.39 is 0 Å². The van der Waals surface area contributed by atoms with Gasteiger partial charge in [-0.15, -0.1) is 0 Å². The van der Waals surface area contributed by atoms with Gasteiger partial charge in [0.15, 0.2) is 0 Å². The number of anilines is 1. The molecule has 0 saturated heterocycles. The van der Waals surface area contributed by atoms with Gasteiger partial charge in [0.25, 0.3) is 0 Å². The zero-order valence-corrected chi connectivity index (χ0v) is 11.3. The zero-order valence-electron chi connectivity index (χ0n) is 11.3. The first kappa shape index (κ1) is 12.3. The van der Waals surface area contributed by atoms with Gasteiger partial charge in [-0.25, -0.2) is 0 Å². The summed E-state index contributed by atoms with van der Waals surface area (Å²) in [7, 11) is 2.08. The van der Waals surface area contributed by atoms with Crippen LogP contribution in [-0.4, -0.2) is 13.1 Å². The van der Waals surface area contributed by atoms with Crippen LogP contribution in [0, 0.1) is 0 Å². The molecule has 19 heavy (non-hydrogen) atoms. The summed E-state index contributed by atoms with van der Waals surface area (Å²) >= 11 is 0. The molecule has 0 unspecified atom stereocenters. The van der Waals surface area contributed by atoms with Gasteiger partial charge in [0, 0.05) is 25.3 Å². The molecule has 0 bridgehead atoms. The third-order valence-electron chi connectivity index (χ3n) is 3.52. The van der Waals surface area contributed by atoms with E-state index in [0.717, 1.165) is 24.9 Å². The van der Waals surface area contributed by atoms with E-state index in [1.54, 1.807) is 6.26 Å². The molecule has 0 atom stereocenters. The molecule has 3 rings (SSSR count). The van der Waals surface area contributed by atoms with Gasteiger partial charge >= 0.3 is 0 Å². The Hall–Kier alpha value is -1.74. The highest BCUT2D eigenvalue weighted by Gasteiger charge is 2.19. The second-order valence-electron chi connectivity index (χ2n) is 5.26. The summed E-state index contributed by atoms with van der Waals surface area (Å²) in [5, 5.41) is 3.53. The predicted molar refractivity (Wildman–Crippen MR) is 77.1 cm³/mol. The molecular formula is C16H20N2O. The summed E-state index contributed by atoms with van der Waals surface area (Å²) in [6, 6.07) is 13.4. The topological polar surface area (TPSA) is 28.4 Å². The molecule has 1 heterocycles. The number of hydrogen-bond acceptors (Lipinski definition) is 3. The molecule has 1 aliphatic carbocycles. The average molecular weight is 256 g/mol. The second kappa shape index (κ2) is 5.49. The molecule has 3 nitrogen and oxygen atoms in total. The van der Waals surface area contributed by atoms with Crippen molar-refractivity contribution in [1.29, 1.82) is 0 Å². The molecule has 1 fully saturated rings. The molecule has 3 heteroatoms. The van der Waals surface area contributed by atoms with E-state index in [1.165, 1.54) is 24.1 Å². The normalized spacial score (nSPS) is 14.6. The Morgan fingerprint density at radius 1 is 1.21 bits per heavy atom. The van der Waals surface area contributed by atoms with Crippen molar-refractivity contribution in [3.05, 3.63) is 54.0 Å². The molecule has 2 aromatic rings. The standard InChI is InChI=1S/C16H20N2O/c1-18(12-16-3-2-10-19-16)15-8-4-13(5-9-15)11-17-14-6-7-14/h2-5,8-10,14,17H,6-7,11-12H2,1H3. The summed E-state index contributed by atoms with van der Waals surface area (Å²) in [6.07, 6.45) is 4.39. The highest BCUT2D eigenvalue weighted by Crippen LogP contribution is 2.20. The average Bonchev–Trinajstić information content (AvgIpc) is 3.13. The van der Waals surface area contributed by atoms with Crippen molar-refractivity contribution in [3.8, 4) is 0 Å². The van der Waals surface area contributed by atoms with E-state index in [9.17, 15) is 0 Å². The van der Waals surface area contributed by atoms with Gasteiger partial charge < -0.3 is 14.6 Å². The fourth-order valence-electron chi connectivity index (χ4n) is 2.15. The van der Waals surface area contributed by atoms with E-state index in [-0.39, 0.29) is 0 Å². The van der Waals surface area contributed by atoms with Crippen LogP contribution >= 0.6 is 0 Å². The van der Waals surface area contributed by atoms with Gasteiger partial charge in [0.1, 0.15) is 5.76 Å². The molecule has 0 radical (unpaired) electrons. The number of nitrogens with one attached hydrogen (secondary N) is 1. The van der Waals surface area contributed by atoms with E-state index in [0.29, 0.717) is 0 Å². The number of benzene rings is 1. The maximum Gasteiger partial charge on any atom is 0.123 e. The minimum atomic E-state index is 0.765. The molecular weight excluding hydrogens is 236 g/mol. The predicted octanol–water partition coefficient (Wildman–Crippen LogP) is 3.17. The summed E-state index contributed by atoms with van der Waals surface area (Å²) in [4.78, 5) is 2.19. The van der Waals surface area contributed by atoms with Crippen LogP contribution in [0.2, 0.25) is 0 Å². The third kappa shape index (κ3) is 3.38. The molecule has 1 saturated carbocycles. The molecule has 1 N–H and O–H groups in total. The summed E-state index contributed by atoms with van der Waals surface area (Å²) in [5.41, 5.74) is 2.56. The van der Waals surface area contributed by atoms with Crippen LogP contribution in [-0.2, 0) is 13.1 Å².